The summed E-state index contributed by atoms with van der Waals surface area (Å²) in [7, 11) is 1.39. The van der Waals surface area contributed by atoms with Crippen molar-refractivity contribution in [3.8, 4) is 11.5 Å². The Hall–Kier alpha value is -5.18. The van der Waals surface area contributed by atoms with Gasteiger partial charge in [0.25, 0.3) is 11.7 Å². The molecular formula is C32H32ClF3N4O8. The summed E-state index contributed by atoms with van der Waals surface area (Å²) < 4.78 is 50.2. The smallest absolute Gasteiger partial charge is 0.452 e. The third kappa shape index (κ3) is 10.7. The molecule has 1 aromatic heterocycles. The van der Waals surface area contributed by atoms with Crippen LogP contribution in [0, 0.1) is 5.92 Å². The molecule has 48 heavy (non-hydrogen) atoms. The number of nitrogens with one attached hydrogen (secondary N) is 3. The van der Waals surface area contributed by atoms with Gasteiger partial charge in [-0.2, -0.15) is 13.2 Å². The van der Waals surface area contributed by atoms with Gasteiger partial charge in [-0.05, 0) is 53.4 Å². The van der Waals surface area contributed by atoms with E-state index < -0.39 is 66.3 Å². The van der Waals surface area contributed by atoms with Crippen molar-refractivity contribution in [1.82, 2.24) is 20.9 Å². The van der Waals surface area contributed by atoms with Gasteiger partial charge in [0.2, 0.25) is 11.8 Å². The van der Waals surface area contributed by atoms with Crippen molar-refractivity contribution in [2.45, 2.75) is 44.6 Å². The van der Waals surface area contributed by atoms with Crippen molar-refractivity contribution in [2.75, 3.05) is 13.7 Å². The molecule has 0 spiro atoms. The lowest BCUT2D eigenvalue weighted by Crippen LogP contribution is -2.55. The van der Waals surface area contributed by atoms with Gasteiger partial charge in [-0.25, -0.2) is 9.78 Å². The molecule has 0 fully saturated rings. The summed E-state index contributed by atoms with van der Waals surface area (Å²) in [5, 5.41) is 16.3. The number of carbonyl (C=O) groups is 5. The van der Waals surface area contributed by atoms with Gasteiger partial charge in [-0.15, -0.1) is 0 Å². The second-order valence-corrected chi connectivity index (χ2v) is 11.2. The summed E-state index contributed by atoms with van der Waals surface area (Å²) >= 11 is 6.11. The topological polar surface area (TPSA) is 173 Å². The van der Waals surface area contributed by atoms with Gasteiger partial charge in [0.15, 0.2) is 6.61 Å². The van der Waals surface area contributed by atoms with E-state index in [1.165, 1.54) is 57.4 Å². The van der Waals surface area contributed by atoms with Crippen LogP contribution in [0.2, 0.25) is 5.02 Å². The van der Waals surface area contributed by atoms with Crippen LogP contribution in [0.3, 0.4) is 0 Å². The van der Waals surface area contributed by atoms with E-state index in [0.29, 0.717) is 16.3 Å². The largest absolute Gasteiger partial charge is 0.497 e. The Bertz CT molecular complexity index is 1620. The molecule has 3 aromatic rings. The van der Waals surface area contributed by atoms with Crippen molar-refractivity contribution in [2.24, 2.45) is 5.92 Å². The van der Waals surface area contributed by atoms with Gasteiger partial charge >= 0.3 is 12.1 Å². The lowest BCUT2D eigenvalue weighted by atomic mass is 9.97. The van der Waals surface area contributed by atoms with Crippen LogP contribution in [0.1, 0.15) is 41.5 Å². The third-order valence-electron chi connectivity index (χ3n) is 6.81. The first-order valence-electron chi connectivity index (χ1n) is 14.3. The van der Waals surface area contributed by atoms with E-state index in [1.807, 2.05) is 0 Å². The molecule has 0 saturated carbocycles. The van der Waals surface area contributed by atoms with Crippen LogP contribution < -0.4 is 25.4 Å². The minimum Gasteiger partial charge on any atom is -0.497 e. The first-order valence-corrected chi connectivity index (χ1v) is 14.7. The molecule has 0 aliphatic rings. The molecule has 12 nitrogen and oxygen atoms in total. The van der Waals surface area contributed by atoms with E-state index in [1.54, 1.807) is 24.3 Å². The Morgan fingerprint density at radius 1 is 0.917 bits per heavy atom. The zero-order valence-corrected chi connectivity index (χ0v) is 26.6. The second-order valence-electron chi connectivity index (χ2n) is 10.7. The number of aromatic nitrogens is 1. The van der Waals surface area contributed by atoms with Gasteiger partial charge in [0, 0.05) is 11.4 Å². The van der Waals surface area contributed by atoms with Crippen LogP contribution in [-0.4, -0.2) is 71.5 Å². The third-order valence-corrected chi connectivity index (χ3v) is 7.04. The Balaban J connectivity index is 1.94. The van der Waals surface area contributed by atoms with Crippen LogP contribution in [0.25, 0.3) is 0 Å². The van der Waals surface area contributed by atoms with E-state index in [-0.39, 0.29) is 23.4 Å². The summed E-state index contributed by atoms with van der Waals surface area (Å²) in [4.78, 5) is 67.4. The average molecular weight is 693 g/mol. The van der Waals surface area contributed by atoms with Gasteiger partial charge in [-0.3, -0.25) is 19.2 Å². The fourth-order valence-electron chi connectivity index (χ4n) is 4.37. The highest BCUT2D eigenvalue weighted by Crippen LogP contribution is 2.24. The number of pyridine rings is 1. The number of nitrogens with zero attached hydrogens (tertiary/aromatic N) is 1. The molecule has 3 rings (SSSR count). The van der Waals surface area contributed by atoms with Crippen LogP contribution in [0.4, 0.5) is 13.2 Å². The number of Topliss-reactive ketones (excluding diaryl/α,β-unsaturated/α-hetero) is 1. The molecular weight excluding hydrogens is 661 g/mol. The molecule has 0 radical (unpaired) electrons. The number of hydrogen-bond acceptors (Lipinski definition) is 8. The standard InChI is InChI=1S/C32H32ClF3N4O8/c1-17(2)26(28(43)32(34,35)36)39-31(46)27(19-7-9-21(47-3)10-8-19)40-30(45)24(14-18-5-4-6-20(33)13-18)38-29(44)23-12-11-22(15-37-23)48-16-25(41)42/h4-13,15,17,24,26-27H,14,16H2,1-3H3,(H,38,44)(H,39,46)(H,40,45)(H,41,42)/t24-,26-,27-/m0/s1. The molecule has 4 N–H and O–H groups in total. The lowest BCUT2D eigenvalue weighted by molar-refractivity contribution is -0.175. The maximum absolute atomic E-state index is 13.8. The predicted octanol–water partition coefficient (Wildman–Crippen LogP) is 3.68. The van der Waals surface area contributed by atoms with Crippen molar-refractivity contribution in [1.29, 1.82) is 0 Å². The van der Waals surface area contributed by atoms with Crippen molar-refractivity contribution in [3.05, 3.63) is 88.7 Å². The zero-order chi connectivity index (χ0) is 35.6. The summed E-state index contributed by atoms with van der Waals surface area (Å²) in [6.45, 7) is 2.01. The Labute approximate surface area is 278 Å². The number of aliphatic carboxylic acids is 1. The molecule has 3 atom stereocenters. The Kier molecular flexibility index (Phi) is 12.9. The second kappa shape index (κ2) is 16.6. The minimum atomic E-state index is -5.23. The van der Waals surface area contributed by atoms with E-state index in [0.717, 1.165) is 6.20 Å². The number of carbonyl (C=O) groups excluding carboxylic acids is 4. The monoisotopic (exact) mass is 692 g/mol. The highest BCUT2D eigenvalue weighted by Gasteiger charge is 2.45. The Morgan fingerprint density at radius 3 is 2.12 bits per heavy atom. The van der Waals surface area contributed by atoms with Crippen molar-refractivity contribution in [3.63, 3.8) is 0 Å². The number of carboxylic acids is 1. The number of ketones is 1. The first kappa shape index (κ1) is 37.3. The van der Waals surface area contributed by atoms with Crippen LogP contribution in [-0.2, 0) is 25.6 Å². The normalized spacial score (nSPS) is 13.1. The van der Waals surface area contributed by atoms with Gasteiger partial charge < -0.3 is 30.5 Å². The molecule has 2 aromatic carbocycles. The average Bonchev–Trinajstić information content (AvgIpc) is 3.04. The Morgan fingerprint density at radius 2 is 1.58 bits per heavy atom. The molecule has 0 aliphatic carbocycles. The number of benzene rings is 2. The van der Waals surface area contributed by atoms with Gasteiger partial charge in [-0.1, -0.05) is 49.7 Å². The van der Waals surface area contributed by atoms with Gasteiger partial charge in [0.1, 0.15) is 29.3 Å². The number of rotatable bonds is 15. The molecule has 1 heterocycles. The molecule has 0 saturated heterocycles. The van der Waals surface area contributed by atoms with Crippen LogP contribution in [0.15, 0.2) is 66.9 Å². The highest BCUT2D eigenvalue weighted by atomic mass is 35.5. The lowest BCUT2D eigenvalue weighted by Gasteiger charge is -2.27. The summed E-state index contributed by atoms with van der Waals surface area (Å²) in [6, 6.07) is 9.70. The first-order chi connectivity index (χ1) is 22.6. The van der Waals surface area contributed by atoms with Gasteiger partial charge in [0.05, 0.1) is 19.3 Å². The number of ether oxygens (including phenoxy) is 2. The molecule has 16 heteroatoms. The fraction of sp³-hybridized carbons (Fsp3) is 0.312. The maximum atomic E-state index is 13.8. The summed E-state index contributed by atoms with van der Waals surface area (Å²) in [6.07, 6.45) is -4.26. The molecule has 256 valence electrons. The molecule has 0 bridgehead atoms. The van der Waals surface area contributed by atoms with E-state index in [4.69, 9.17) is 26.2 Å². The van der Waals surface area contributed by atoms with Crippen LogP contribution in [0.5, 0.6) is 11.5 Å². The zero-order valence-electron chi connectivity index (χ0n) is 25.8. The quantitative estimate of drug-likeness (QED) is 0.185. The SMILES string of the molecule is COc1ccc([C@H](NC(=O)[C@H](Cc2cccc(Cl)c2)NC(=O)c2ccc(OCC(=O)O)cn2)C(=O)N[C@H](C(=O)C(F)(F)F)C(C)C)cc1. The fourth-order valence-corrected chi connectivity index (χ4v) is 4.59. The highest BCUT2D eigenvalue weighted by molar-refractivity contribution is 6.30. The number of methoxy groups -OCH3 is 1. The van der Waals surface area contributed by atoms with Crippen molar-refractivity contribution < 1.29 is 51.7 Å². The molecule has 0 unspecified atom stereocenters. The predicted molar refractivity (Wildman–Crippen MR) is 165 cm³/mol. The molecule has 3 amide bonds. The number of alkyl halides is 3. The van der Waals surface area contributed by atoms with Crippen molar-refractivity contribution >= 4 is 41.1 Å². The maximum Gasteiger partial charge on any atom is 0.452 e. The number of carboxylic acid groups (broad SMARTS) is 1. The number of hydrogen-bond donors (Lipinski definition) is 4. The van der Waals surface area contributed by atoms with E-state index in [2.05, 4.69) is 20.9 Å². The number of amides is 3. The summed E-state index contributed by atoms with van der Waals surface area (Å²) in [5.41, 5.74) is 0.473. The summed E-state index contributed by atoms with van der Waals surface area (Å²) in [5.74, 6) is -6.75. The molecule has 0 aliphatic heterocycles. The number of halogens is 4. The van der Waals surface area contributed by atoms with Crippen LogP contribution >= 0.6 is 11.6 Å². The van der Waals surface area contributed by atoms with E-state index >= 15 is 0 Å². The minimum absolute atomic E-state index is 0.0687. The van der Waals surface area contributed by atoms with E-state index in [9.17, 15) is 37.1 Å².